The standard InChI is InChI=1S/C8H14INO/c1-10-6-2-5(9)3-7(10)8(11)4-6/h5-8,11H,2-4H2,1H3/t5-,6?,7?,8?/m0/s1. The largest absolute Gasteiger partial charge is 0.391 e. The first-order valence-corrected chi connectivity index (χ1v) is 5.47. The Balaban J connectivity index is 2.14. The molecule has 2 rings (SSSR count). The molecular weight excluding hydrogens is 253 g/mol. The molecule has 0 aromatic carbocycles. The second-order valence-electron chi connectivity index (χ2n) is 3.76. The third kappa shape index (κ3) is 1.31. The molecule has 0 aromatic heterocycles. The van der Waals surface area contributed by atoms with E-state index < -0.39 is 0 Å². The number of rotatable bonds is 0. The first-order valence-electron chi connectivity index (χ1n) is 4.22. The highest BCUT2D eigenvalue weighted by Crippen LogP contribution is 2.37. The zero-order valence-electron chi connectivity index (χ0n) is 6.70. The number of halogens is 1. The van der Waals surface area contributed by atoms with Crippen molar-refractivity contribution in [1.82, 2.24) is 4.90 Å². The molecule has 0 aliphatic carbocycles. The monoisotopic (exact) mass is 267 g/mol. The molecule has 3 unspecified atom stereocenters. The molecule has 1 N–H and O–H groups in total. The van der Waals surface area contributed by atoms with Crippen molar-refractivity contribution in [3.05, 3.63) is 0 Å². The van der Waals surface area contributed by atoms with E-state index in [0.717, 1.165) is 10.3 Å². The fourth-order valence-corrected chi connectivity index (χ4v) is 3.49. The molecule has 2 aliphatic rings. The van der Waals surface area contributed by atoms with E-state index in [1.807, 2.05) is 0 Å². The van der Waals surface area contributed by atoms with Crippen LogP contribution in [0.3, 0.4) is 0 Å². The molecule has 0 amide bonds. The highest BCUT2D eigenvalue weighted by Gasteiger charge is 2.43. The Kier molecular flexibility index (Phi) is 2.14. The molecule has 2 fully saturated rings. The number of aliphatic hydroxyl groups is 1. The molecule has 2 nitrogen and oxygen atoms in total. The zero-order valence-corrected chi connectivity index (χ0v) is 8.86. The lowest BCUT2D eigenvalue weighted by Gasteiger charge is -2.34. The summed E-state index contributed by atoms with van der Waals surface area (Å²) in [6.07, 6.45) is 3.39. The highest BCUT2D eigenvalue weighted by atomic mass is 127. The number of likely N-dealkylation sites (N-methyl/N-ethyl adjacent to an activating group) is 1. The number of aliphatic hydroxyl groups excluding tert-OH is 1. The van der Waals surface area contributed by atoms with Gasteiger partial charge < -0.3 is 5.11 Å². The first kappa shape index (κ1) is 8.26. The van der Waals surface area contributed by atoms with Crippen molar-refractivity contribution in [1.29, 1.82) is 0 Å². The summed E-state index contributed by atoms with van der Waals surface area (Å²) in [5, 5.41) is 9.64. The van der Waals surface area contributed by atoms with Gasteiger partial charge in [0.05, 0.1) is 6.10 Å². The van der Waals surface area contributed by atoms with Crippen LogP contribution in [-0.2, 0) is 0 Å². The van der Waals surface area contributed by atoms with Crippen LogP contribution in [0, 0.1) is 0 Å². The smallest absolute Gasteiger partial charge is 0.0710 e. The maximum atomic E-state index is 9.64. The average Bonchev–Trinajstić information content (AvgIpc) is 2.17. The summed E-state index contributed by atoms with van der Waals surface area (Å²) in [5.74, 6) is 0. The Morgan fingerprint density at radius 1 is 1.36 bits per heavy atom. The van der Waals surface area contributed by atoms with Gasteiger partial charge >= 0.3 is 0 Å². The molecule has 0 spiro atoms. The molecule has 11 heavy (non-hydrogen) atoms. The van der Waals surface area contributed by atoms with Crippen molar-refractivity contribution < 1.29 is 5.11 Å². The fourth-order valence-electron chi connectivity index (χ4n) is 2.38. The minimum absolute atomic E-state index is 0.0511. The van der Waals surface area contributed by atoms with E-state index in [4.69, 9.17) is 0 Å². The van der Waals surface area contributed by atoms with Gasteiger partial charge in [-0.25, -0.2) is 0 Å². The van der Waals surface area contributed by atoms with Crippen LogP contribution < -0.4 is 0 Å². The van der Waals surface area contributed by atoms with Crippen LogP contribution in [0.15, 0.2) is 0 Å². The number of hydrogen-bond acceptors (Lipinski definition) is 2. The lowest BCUT2D eigenvalue weighted by atomic mass is 10.0. The van der Waals surface area contributed by atoms with Crippen LogP contribution in [0.2, 0.25) is 0 Å². The molecule has 3 heteroatoms. The first-order chi connectivity index (χ1) is 5.18. The Labute approximate surface area is 81.1 Å². The van der Waals surface area contributed by atoms with Gasteiger partial charge in [-0.1, -0.05) is 22.6 Å². The SMILES string of the molecule is CN1C2CC(O)C1C[C@@H](I)C2. The molecule has 2 saturated heterocycles. The van der Waals surface area contributed by atoms with Crippen molar-refractivity contribution in [2.75, 3.05) is 7.05 Å². The van der Waals surface area contributed by atoms with E-state index in [1.165, 1.54) is 12.8 Å². The van der Waals surface area contributed by atoms with E-state index in [0.29, 0.717) is 12.1 Å². The Bertz CT molecular complexity index is 162. The molecular formula is C8H14INO. The lowest BCUT2D eigenvalue weighted by Crippen LogP contribution is -2.42. The molecule has 64 valence electrons. The maximum Gasteiger partial charge on any atom is 0.0710 e. The normalized spacial score (nSPS) is 51.5. The van der Waals surface area contributed by atoms with E-state index >= 15 is 0 Å². The maximum absolute atomic E-state index is 9.64. The van der Waals surface area contributed by atoms with Gasteiger partial charge in [0.25, 0.3) is 0 Å². The second kappa shape index (κ2) is 2.85. The van der Waals surface area contributed by atoms with Crippen molar-refractivity contribution in [2.24, 2.45) is 0 Å². The van der Waals surface area contributed by atoms with Gasteiger partial charge in [0.15, 0.2) is 0 Å². The Morgan fingerprint density at radius 3 is 2.73 bits per heavy atom. The number of piperidine rings is 1. The van der Waals surface area contributed by atoms with Crippen molar-refractivity contribution in [3.8, 4) is 0 Å². The van der Waals surface area contributed by atoms with Gasteiger partial charge in [0.1, 0.15) is 0 Å². The molecule has 2 aliphatic heterocycles. The van der Waals surface area contributed by atoms with Crippen LogP contribution >= 0.6 is 22.6 Å². The lowest BCUT2D eigenvalue weighted by molar-refractivity contribution is 0.106. The van der Waals surface area contributed by atoms with Crippen LogP contribution in [0.4, 0.5) is 0 Å². The quantitative estimate of drug-likeness (QED) is 0.523. The summed E-state index contributed by atoms with van der Waals surface area (Å²) in [6.45, 7) is 0. The van der Waals surface area contributed by atoms with Crippen LogP contribution in [0.1, 0.15) is 19.3 Å². The summed E-state index contributed by atoms with van der Waals surface area (Å²) >= 11 is 2.51. The van der Waals surface area contributed by atoms with Crippen molar-refractivity contribution in [3.63, 3.8) is 0 Å². The summed E-state index contributed by atoms with van der Waals surface area (Å²) in [5.41, 5.74) is 0. The number of hydrogen-bond donors (Lipinski definition) is 1. The number of nitrogens with zero attached hydrogens (tertiary/aromatic N) is 1. The van der Waals surface area contributed by atoms with Gasteiger partial charge in [-0.05, 0) is 26.3 Å². The van der Waals surface area contributed by atoms with Crippen molar-refractivity contribution >= 4 is 22.6 Å². The topological polar surface area (TPSA) is 23.5 Å². The molecule has 0 saturated carbocycles. The van der Waals surface area contributed by atoms with Crippen LogP contribution in [0.25, 0.3) is 0 Å². The Morgan fingerprint density at radius 2 is 2.09 bits per heavy atom. The van der Waals surface area contributed by atoms with Crippen LogP contribution in [0.5, 0.6) is 0 Å². The number of fused-ring (bicyclic) bond motifs is 2. The minimum Gasteiger partial charge on any atom is -0.391 e. The Hall–Kier alpha value is 0.650. The predicted octanol–water partition coefficient (Wildman–Crippen LogP) is 1.02. The molecule has 2 heterocycles. The average molecular weight is 267 g/mol. The van der Waals surface area contributed by atoms with Crippen LogP contribution in [-0.4, -0.2) is 39.2 Å². The summed E-state index contributed by atoms with van der Waals surface area (Å²) in [6, 6.07) is 1.11. The van der Waals surface area contributed by atoms with E-state index in [1.54, 1.807) is 0 Å². The second-order valence-corrected chi connectivity index (χ2v) is 5.52. The van der Waals surface area contributed by atoms with Gasteiger partial charge in [-0.3, -0.25) is 4.90 Å². The van der Waals surface area contributed by atoms with E-state index in [2.05, 4.69) is 34.5 Å². The van der Waals surface area contributed by atoms with Gasteiger partial charge in [-0.2, -0.15) is 0 Å². The summed E-state index contributed by atoms with van der Waals surface area (Å²) < 4.78 is 0.788. The molecule has 0 radical (unpaired) electrons. The zero-order chi connectivity index (χ0) is 8.01. The fraction of sp³-hybridized carbons (Fsp3) is 1.00. The third-order valence-corrected chi connectivity index (χ3v) is 4.10. The summed E-state index contributed by atoms with van der Waals surface area (Å²) in [4.78, 5) is 2.36. The van der Waals surface area contributed by atoms with Gasteiger partial charge in [0, 0.05) is 16.0 Å². The van der Waals surface area contributed by atoms with Crippen molar-refractivity contribution in [2.45, 2.75) is 41.4 Å². The third-order valence-electron chi connectivity index (χ3n) is 3.08. The minimum atomic E-state index is -0.0511. The summed E-state index contributed by atoms with van der Waals surface area (Å²) in [7, 11) is 2.15. The molecule has 0 aromatic rings. The molecule has 2 bridgehead atoms. The van der Waals surface area contributed by atoms with E-state index in [-0.39, 0.29) is 6.10 Å². The molecule has 4 atom stereocenters. The number of alkyl halides is 1. The van der Waals surface area contributed by atoms with Gasteiger partial charge in [-0.15, -0.1) is 0 Å². The van der Waals surface area contributed by atoms with E-state index in [9.17, 15) is 5.11 Å². The van der Waals surface area contributed by atoms with Gasteiger partial charge in [0.2, 0.25) is 0 Å². The highest BCUT2D eigenvalue weighted by molar-refractivity contribution is 14.1. The predicted molar refractivity (Wildman–Crippen MR) is 53.0 cm³/mol.